The van der Waals surface area contributed by atoms with Gasteiger partial charge in [0, 0.05) is 5.39 Å². The smallest absolute Gasteiger partial charge is 0.240 e. The molecule has 4 rings (SSSR count). The minimum atomic E-state index is -0.242. The summed E-state index contributed by atoms with van der Waals surface area (Å²) in [6.45, 7) is 0.190. The van der Waals surface area contributed by atoms with Crippen molar-refractivity contribution in [1.82, 2.24) is 15.3 Å². The third-order valence-electron chi connectivity index (χ3n) is 5.12. The minimum absolute atomic E-state index is 0.0153. The van der Waals surface area contributed by atoms with E-state index in [2.05, 4.69) is 32.7 Å². The fourth-order valence-corrected chi connectivity index (χ4v) is 3.84. The van der Waals surface area contributed by atoms with Gasteiger partial charge in [0.25, 0.3) is 0 Å². The van der Waals surface area contributed by atoms with E-state index >= 15 is 0 Å². The van der Waals surface area contributed by atoms with Crippen molar-refractivity contribution in [1.29, 1.82) is 0 Å². The first kappa shape index (κ1) is 16.5. The maximum atomic E-state index is 12.7. The van der Waals surface area contributed by atoms with E-state index in [-0.39, 0.29) is 18.0 Å². The minimum Gasteiger partial charge on any atom is -0.360 e. The number of hydrogen-bond acceptors (Lipinski definition) is 4. The van der Waals surface area contributed by atoms with Crippen LogP contribution < -0.4 is 10.6 Å². The first-order valence-corrected chi connectivity index (χ1v) is 9.07. The Hall–Kier alpha value is -2.95. The van der Waals surface area contributed by atoms with E-state index in [1.54, 1.807) is 0 Å². The summed E-state index contributed by atoms with van der Waals surface area (Å²) < 4.78 is 0. The van der Waals surface area contributed by atoms with Crippen molar-refractivity contribution in [2.24, 2.45) is 0 Å². The van der Waals surface area contributed by atoms with Crippen LogP contribution in [0.2, 0.25) is 0 Å². The number of rotatable bonds is 5. The Labute approximate surface area is 152 Å². The number of para-hydroxylation sites is 1. The predicted octanol–water partition coefficient (Wildman–Crippen LogP) is 3.63. The molecule has 1 aromatic heterocycles. The number of carbonyl (C=O) groups excluding carboxylic acids is 1. The molecule has 0 radical (unpaired) electrons. The Kier molecular flexibility index (Phi) is 4.52. The lowest BCUT2D eigenvalue weighted by Crippen LogP contribution is -2.46. The highest BCUT2D eigenvalue weighted by atomic mass is 16.2. The second-order valence-corrected chi connectivity index (χ2v) is 6.80. The molecule has 2 N–H and O–H groups in total. The van der Waals surface area contributed by atoms with Gasteiger partial charge in [0.1, 0.15) is 12.1 Å². The Morgan fingerprint density at radius 2 is 1.69 bits per heavy atom. The van der Waals surface area contributed by atoms with Gasteiger partial charge in [-0.25, -0.2) is 9.97 Å². The molecule has 0 atom stereocenters. The molecule has 1 aliphatic rings. The van der Waals surface area contributed by atoms with Gasteiger partial charge in [-0.2, -0.15) is 0 Å². The van der Waals surface area contributed by atoms with Gasteiger partial charge < -0.3 is 10.6 Å². The monoisotopic (exact) mass is 346 g/mol. The zero-order valence-corrected chi connectivity index (χ0v) is 14.6. The van der Waals surface area contributed by atoms with E-state index in [9.17, 15) is 4.79 Å². The molecule has 0 aliphatic heterocycles. The van der Waals surface area contributed by atoms with Gasteiger partial charge in [-0.3, -0.25) is 4.79 Å². The molecule has 5 heteroatoms. The molecule has 0 unspecified atom stereocenters. The number of hydrogen-bond donors (Lipinski definition) is 2. The second kappa shape index (κ2) is 7.12. The summed E-state index contributed by atoms with van der Waals surface area (Å²) in [6.07, 6.45) is 5.77. The van der Waals surface area contributed by atoms with Gasteiger partial charge in [-0.1, -0.05) is 55.3 Å². The van der Waals surface area contributed by atoms with E-state index < -0.39 is 0 Å². The number of nitrogens with one attached hydrogen (secondary N) is 2. The average Bonchev–Trinajstić information content (AvgIpc) is 3.16. The van der Waals surface area contributed by atoms with Crippen LogP contribution >= 0.6 is 0 Å². The lowest BCUT2D eigenvalue weighted by Gasteiger charge is -2.31. The number of nitrogens with zero attached hydrogens (tertiary/aromatic N) is 2. The SMILES string of the molecule is O=C(CNc1ncnc2ccccc12)NC1(c2ccccc2)CCCC1. The molecular weight excluding hydrogens is 324 g/mol. The van der Waals surface area contributed by atoms with Crippen molar-refractivity contribution in [3.8, 4) is 0 Å². The van der Waals surface area contributed by atoms with Crippen molar-refractivity contribution in [3.05, 3.63) is 66.5 Å². The zero-order valence-electron chi connectivity index (χ0n) is 14.6. The standard InChI is InChI=1S/C21H22N4O/c26-19(14-22-20-17-10-4-5-11-18(17)23-15-24-20)25-21(12-6-7-13-21)16-8-2-1-3-9-16/h1-5,8-11,15H,6-7,12-14H2,(H,25,26)(H,22,23,24). The highest BCUT2D eigenvalue weighted by molar-refractivity contribution is 5.90. The van der Waals surface area contributed by atoms with Crippen molar-refractivity contribution in [3.63, 3.8) is 0 Å². The summed E-state index contributed by atoms with van der Waals surface area (Å²) in [5.41, 5.74) is 1.81. The van der Waals surface area contributed by atoms with E-state index in [1.807, 2.05) is 42.5 Å². The zero-order chi connectivity index (χ0) is 17.8. The maximum Gasteiger partial charge on any atom is 0.240 e. The fourth-order valence-electron chi connectivity index (χ4n) is 3.84. The molecule has 1 aliphatic carbocycles. The van der Waals surface area contributed by atoms with Crippen LogP contribution in [0.5, 0.6) is 0 Å². The number of carbonyl (C=O) groups is 1. The van der Waals surface area contributed by atoms with E-state index in [0.717, 1.165) is 36.6 Å². The summed E-state index contributed by atoms with van der Waals surface area (Å²) >= 11 is 0. The summed E-state index contributed by atoms with van der Waals surface area (Å²) in [6, 6.07) is 18.1. The molecule has 2 aromatic carbocycles. The Morgan fingerprint density at radius 3 is 2.50 bits per heavy atom. The van der Waals surface area contributed by atoms with Gasteiger partial charge >= 0.3 is 0 Å². The molecule has 0 spiro atoms. The number of benzene rings is 2. The van der Waals surface area contributed by atoms with Crippen LogP contribution in [0.15, 0.2) is 60.9 Å². The van der Waals surface area contributed by atoms with Crippen molar-refractivity contribution in [2.45, 2.75) is 31.2 Å². The van der Waals surface area contributed by atoms with Crippen molar-refractivity contribution >= 4 is 22.6 Å². The van der Waals surface area contributed by atoms with Gasteiger partial charge in [-0.15, -0.1) is 0 Å². The van der Waals surface area contributed by atoms with E-state index in [1.165, 1.54) is 11.9 Å². The summed E-state index contributed by atoms with van der Waals surface area (Å²) in [5.74, 6) is 0.671. The third-order valence-corrected chi connectivity index (χ3v) is 5.12. The molecule has 1 amide bonds. The molecule has 3 aromatic rings. The second-order valence-electron chi connectivity index (χ2n) is 6.80. The number of aromatic nitrogens is 2. The number of anilines is 1. The van der Waals surface area contributed by atoms with Gasteiger partial charge in [0.15, 0.2) is 0 Å². The predicted molar refractivity (Wildman–Crippen MR) is 103 cm³/mol. The quantitative estimate of drug-likeness (QED) is 0.740. The summed E-state index contributed by atoms with van der Waals surface area (Å²) in [5, 5.41) is 7.37. The lowest BCUT2D eigenvalue weighted by molar-refractivity contribution is -0.121. The van der Waals surface area contributed by atoms with E-state index in [4.69, 9.17) is 0 Å². The number of fused-ring (bicyclic) bond motifs is 1. The molecular formula is C21H22N4O. The Morgan fingerprint density at radius 1 is 0.962 bits per heavy atom. The summed E-state index contributed by atoms with van der Waals surface area (Å²) in [7, 11) is 0. The molecule has 132 valence electrons. The van der Waals surface area contributed by atoms with Crippen LogP contribution in [0.4, 0.5) is 5.82 Å². The van der Waals surface area contributed by atoms with E-state index in [0.29, 0.717) is 5.82 Å². The fraction of sp³-hybridized carbons (Fsp3) is 0.286. The highest BCUT2D eigenvalue weighted by Gasteiger charge is 2.36. The molecule has 26 heavy (non-hydrogen) atoms. The van der Waals surface area contributed by atoms with Crippen molar-refractivity contribution in [2.75, 3.05) is 11.9 Å². The molecule has 1 fully saturated rings. The third kappa shape index (κ3) is 3.25. The van der Waals surface area contributed by atoms with Gasteiger partial charge in [0.05, 0.1) is 17.6 Å². The first-order valence-electron chi connectivity index (χ1n) is 9.07. The lowest BCUT2D eigenvalue weighted by atomic mass is 9.88. The maximum absolute atomic E-state index is 12.7. The first-order chi connectivity index (χ1) is 12.8. The Balaban J connectivity index is 1.48. The van der Waals surface area contributed by atoms with Crippen LogP contribution in [-0.4, -0.2) is 22.4 Å². The molecule has 0 bridgehead atoms. The van der Waals surface area contributed by atoms with Crippen molar-refractivity contribution < 1.29 is 4.79 Å². The average molecular weight is 346 g/mol. The topological polar surface area (TPSA) is 66.9 Å². The van der Waals surface area contributed by atoms with Crippen LogP contribution in [0.3, 0.4) is 0 Å². The van der Waals surface area contributed by atoms with Crippen LogP contribution in [0.1, 0.15) is 31.2 Å². The largest absolute Gasteiger partial charge is 0.360 e. The van der Waals surface area contributed by atoms with Crippen LogP contribution in [-0.2, 0) is 10.3 Å². The molecule has 0 saturated heterocycles. The van der Waals surface area contributed by atoms with Gasteiger partial charge in [-0.05, 0) is 30.5 Å². The van der Waals surface area contributed by atoms with Crippen LogP contribution in [0.25, 0.3) is 10.9 Å². The molecule has 5 nitrogen and oxygen atoms in total. The highest BCUT2D eigenvalue weighted by Crippen LogP contribution is 2.38. The Bertz CT molecular complexity index is 899. The molecule has 1 saturated carbocycles. The number of amides is 1. The summed E-state index contributed by atoms with van der Waals surface area (Å²) in [4.78, 5) is 21.2. The normalized spacial score (nSPS) is 15.7. The van der Waals surface area contributed by atoms with Gasteiger partial charge in [0.2, 0.25) is 5.91 Å². The molecule has 1 heterocycles. The van der Waals surface area contributed by atoms with Crippen LogP contribution in [0, 0.1) is 0 Å².